The lowest BCUT2D eigenvalue weighted by Gasteiger charge is -2.05. The number of aromatic nitrogens is 1. The van der Waals surface area contributed by atoms with Crippen molar-refractivity contribution >= 4 is 42.5 Å². The Labute approximate surface area is 132 Å². The van der Waals surface area contributed by atoms with E-state index in [1.165, 1.54) is 36.9 Å². The van der Waals surface area contributed by atoms with Crippen LogP contribution in [0.1, 0.15) is 0 Å². The summed E-state index contributed by atoms with van der Waals surface area (Å²) in [5.41, 5.74) is 2.50. The van der Waals surface area contributed by atoms with Crippen LogP contribution in [-0.2, 0) is 0 Å². The van der Waals surface area contributed by atoms with Gasteiger partial charge in [-0.2, -0.15) is 0 Å². The Kier molecular flexibility index (Phi) is 2.43. The van der Waals surface area contributed by atoms with Gasteiger partial charge in [0.1, 0.15) is 4.83 Å². The highest BCUT2D eigenvalue weighted by Gasteiger charge is 2.16. The third-order valence-corrected chi connectivity index (χ3v) is 5.36. The number of benzene rings is 3. The molecule has 0 N–H and O–H groups in total. The molecule has 0 aliphatic heterocycles. The van der Waals surface area contributed by atoms with E-state index in [1.54, 1.807) is 0 Å². The van der Waals surface area contributed by atoms with Gasteiger partial charge in [0, 0.05) is 26.5 Å². The van der Waals surface area contributed by atoms with Crippen LogP contribution < -0.4 is 0 Å². The Morgan fingerprint density at radius 1 is 0.636 bits per heavy atom. The number of hydrogen-bond acceptors (Lipinski definition) is 1. The van der Waals surface area contributed by atoms with Crippen LogP contribution in [0.2, 0.25) is 0 Å². The Hall–Kier alpha value is -2.58. The molecule has 0 aliphatic carbocycles. The highest BCUT2D eigenvalue weighted by molar-refractivity contribution is 7.25. The van der Waals surface area contributed by atoms with Gasteiger partial charge in [-0.15, -0.1) is 11.3 Å². The first kappa shape index (κ1) is 12.0. The predicted octanol–water partition coefficient (Wildman–Crippen LogP) is 6.00. The van der Waals surface area contributed by atoms with E-state index in [9.17, 15) is 0 Å². The molecule has 2 aromatic heterocycles. The number of rotatable bonds is 1. The second-order valence-corrected chi connectivity index (χ2v) is 6.50. The average molecular weight is 299 g/mol. The topological polar surface area (TPSA) is 4.93 Å². The summed E-state index contributed by atoms with van der Waals surface area (Å²) in [6, 6.07) is 28.0. The fourth-order valence-corrected chi connectivity index (χ4v) is 4.53. The smallest absolute Gasteiger partial charge is 0.109 e. The van der Waals surface area contributed by atoms with Gasteiger partial charge in [0.2, 0.25) is 0 Å². The molecular formula is C20H13NS. The standard InChI is InChI=1S/C20H13NS/c1-2-8-14(9-3-1)21-17-12-6-4-10-15(17)19-16-11-5-7-13-18(16)22-20(19)21/h1-13H. The number of thiophene rings is 1. The zero-order chi connectivity index (χ0) is 14.5. The number of para-hydroxylation sites is 2. The van der Waals surface area contributed by atoms with E-state index >= 15 is 0 Å². The molecule has 5 aromatic rings. The van der Waals surface area contributed by atoms with E-state index in [0.717, 1.165) is 0 Å². The number of nitrogens with zero attached hydrogens (tertiary/aromatic N) is 1. The summed E-state index contributed by atoms with van der Waals surface area (Å²) in [6.07, 6.45) is 0. The first-order valence-corrected chi connectivity index (χ1v) is 8.21. The van der Waals surface area contributed by atoms with Crippen molar-refractivity contribution in [3.05, 3.63) is 78.9 Å². The molecule has 22 heavy (non-hydrogen) atoms. The van der Waals surface area contributed by atoms with Gasteiger partial charge in [-0.3, -0.25) is 0 Å². The normalized spacial score (nSPS) is 11.6. The second kappa shape index (κ2) is 4.46. The lowest BCUT2D eigenvalue weighted by atomic mass is 10.1. The molecule has 3 aromatic carbocycles. The van der Waals surface area contributed by atoms with Crippen molar-refractivity contribution in [2.45, 2.75) is 0 Å². The molecule has 104 valence electrons. The third-order valence-electron chi connectivity index (χ3n) is 4.21. The van der Waals surface area contributed by atoms with E-state index in [1.807, 2.05) is 11.3 Å². The maximum atomic E-state index is 2.38. The van der Waals surface area contributed by atoms with E-state index in [0.29, 0.717) is 0 Å². The summed E-state index contributed by atoms with van der Waals surface area (Å²) in [7, 11) is 0. The van der Waals surface area contributed by atoms with Crippen LogP contribution in [0.25, 0.3) is 36.9 Å². The van der Waals surface area contributed by atoms with Gasteiger partial charge in [-0.1, -0.05) is 54.6 Å². The van der Waals surface area contributed by atoms with Crippen LogP contribution in [0.3, 0.4) is 0 Å². The highest BCUT2D eigenvalue weighted by Crippen LogP contribution is 2.41. The molecule has 0 radical (unpaired) electrons. The summed E-state index contributed by atoms with van der Waals surface area (Å²) in [6.45, 7) is 0. The Balaban J connectivity index is 2.07. The summed E-state index contributed by atoms with van der Waals surface area (Å²) in [5, 5.41) is 4.06. The molecule has 2 heterocycles. The van der Waals surface area contributed by atoms with E-state index in [2.05, 4.69) is 83.4 Å². The van der Waals surface area contributed by atoms with Crippen molar-refractivity contribution in [1.29, 1.82) is 0 Å². The molecule has 0 unspecified atom stereocenters. The number of fused-ring (bicyclic) bond motifs is 5. The number of hydrogen-bond donors (Lipinski definition) is 0. The molecule has 1 nitrogen and oxygen atoms in total. The van der Waals surface area contributed by atoms with E-state index in [4.69, 9.17) is 0 Å². The van der Waals surface area contributed by atoms with Crippen LogP contribution in [0.5, 0.6) is 0 Å². The van der Waals surface area contributed by atoms with Gasteiger partial charge < -0.3 is 4.57 Å². The molecule has 0 fully saturated rings. The van der Waals surface area contributed by atoms with Crippen molar-refractivity contribution in [3.63, 3.8) is 0 Å². The summed E-state index contributed by atoms with van der Waals surface area (Å²) in [4.78, 5) is 1.33. The van der Waals surface area contributed by atoms with Gasteiger partial charge in [-0.25, -0.2) is 0 Å². The van der Waals surface area contributed by atoms with Crippen molar-refractivity contribution in [1.82, 2.24) is 4.57 Å². The fourth-order valence-electron chi connectivity index (χ4n) is 3.27. The molecule has 0 saturated heterocycles. The summed E-state index contributed by atoms with van der Waals surface area (Å²) < 4.78 is 3.73. The van der Waals surface area contributed by atoms with Crippen LogP contribution in [0.15, 0.2) is 78.9 Å². The average Bonchev–Trinajstić information content (AvgIpc) is 3.10. The summed E-state index contributed by atoms with van der Waals surface area (Å²) in [5.74, 6) is 0. The Morgan fingerprint density at radius 3 is 2.18 bits per heavy atom. The monoisotopic (exact) mass is 299 g/mol. The van der Waals surface area contributed by atoms with Gasteiger partial charge in [0.05, 0.1) is 5.52 Å². The highest BCUT2D eigenvalue weighted by atomic mass is 32.1. The third kappa shape index (κ3) is 1.53. The molecule has 0 aliphatic rings. The largest absolute Gasteiger partial charge is 0.301 e. The Bertz CT molecular complexity index is 1120. The van der Waals surface area contributed by atoms with Crippen molar-refractivity contribution in [2.24, 2.45) is 0 Å². The van der Waals surface area contributed by atoms with Crippen LogP contribution in [0.4, 0.5) is 0 Å². The maximum Gasteiger partial charge on any atom is 0.109 e. The minimum absolute atomic E-state index is 1.22. The lowest BCUT2D eigenvalue weighted by molar-refractivity contribution is 1.19. The minimum atomic E-state index is 1.22. The Morgan fingerprint density at radius 2 is 1.32 bits per heavy atom. The fraction of sp³-hybridized carbons (Fsp3) is 0. The van der Waals surface area contributed by atoms with Gasteiger partial charge in [-0.05, 0) is 24.3 Å². The second-order valence-electron chi connectivity index (χ2n) is 5.47. The molecule has 5 rings (SSSR count). The maximum absolute atomic E-state index is 2.38. The van der Waals surface area contributed by atoms with Gasteiger partial charge in [0.15, 0.2) is 0 Å². The molecule has 0 saturated carbocycles. The zero-order valence-corrected chi connectivity index (χ0v) is 12.7. The van der Waals surface area contributed by atoms with Crippen molar-refractivity contribution in [2.75, 3.05) is 0 Å². The van der Waals surface area contributed by atoms with Crippen molar-refractivity contribution in [3.8, 4) is 5.69 Å². The molecule has 2 heteroatoms. The zero-order valence-electron chi connectivity index (χ0n) is 11.9. The van der Waals surface area contributed by atoms with Gasteiger partial charge in [0.25, 0.3) is 0 Å². The molecule has 0 amide bonds. The van der Waals surface area contributed by atoms with Crippen LogP contribution in [0, 0.1) is 0 Å². The lowest BCUT2D eigenvalue weighted by Crippen LogP contribution is -1.91. The minimum Gasteiger partial charge on any atom is -0.301 e. The van der Waals surface area contributed by atoms with Crippen LogP contribution in [-0.4, -0.2) is 4.57 Å². The molecule has 0 atom stereocenters. The van der Waals surface area contributed by atoms with E-state index < -0.39 is 0 Å². The first-order chi connectivity index (χ1) is 10.9. The van der Waals surface area contributed by atoms with Gasteiger partial charge >= 0.3 is 0 Å². The molecule has 0 spiro atoms. The van der Waals surface area contributed by atoms with Crippen LogP contribution >= 0.6 is 11.3 Å². The molecular weight excluding hydrogens is 286 g/mol. The van der Waals surface area contributed by atoms with E-state index in [-0.39, 0.29) is 0 Å². The SMILES string of the molecule is c1ccc(-n2c3ccccc3c3c4ccccc4sc32)cc1. The quantitative estimate of drug-likeness (QED) is 0.358. The molecule has 0 bridgehead atoms. The predicted molar refractivity (Wildman–Crippen MR) is 96.2 cm³/mol. The first-order valence-electron chi connectivity index (χ1n) is 7.39. The summed E-state index contributed by atoms with van der Waals surface area (Å²) >= 11 is 1.87. The van der Waals surface area contributed by atoms with Crippen molar-refractivity contribution < 1.29 is 0 Å².